The summed E-state index contributed by atoms with van der Waals surface area (Å²) in [5, 5.41) is 0. The molecule has 4 rings (SSSR count). The summed E-state index contributed by atoms with van der Waals surface area (Å²) in [6, 6.07) is 12.5. The second kappa shape index (κ2) is 9.52. The van der Waals surface area contributed by atoms with Crippen LogP contribution in [0, 0.1) is 5.92 Å². The molecule has 1 aromatic heterocycles. The van der Waals surface area contributed by atoms with Gasteiger partial charge in [0.2, 0.25) is 11.9 Å². The van der Waals surface area contributed by atoms with Crippen molar-refractivity contribution in [3.63, 3.8) is 0 Å². The van der Waals surface area contributed by atoms with Crippen molar-refractivity contribution < 1.29 is 23.8 Å². The Morgan fingerprint density at radius 3 is 2.52 bits per heavy atom. The first-order valence-electron chi connectivity index (χ1n) is 11.2. The van der Waals surface area contributed by atoms with Crippen molar-refractivity contribution in [2.24, 2.45) is 5.92 Å². The number of hydrogen-bond donors (Lipinski definition) is 0. The van der Waals surface area contributed by atoms with Gasteiger partial charge in [-0.3, -0.25) is 14.5 Å². The van der Waals surface area contributed by atoms with Crippen LogP contribution in [0.4, 0.5) is 5.95 Å². The zero-order valence-electron chi connectivity index (χ0n) is 19.4. The van der Waals surface area contributed by atoms with Gasteiger partial charge in [-0.15, -0.1) is 0 Å². The van der Waals surface area contributed by atoms with E-state index in [1.54, 1.807) is 32.1 Å². The largest absolute Gasteiger partial charge is 0.493 e. The minimum Gasteiger partial charge on any atom is -0.493 e. The van der Waals surface area contributed by atoms with Gasteiger partial charge in [0.15, 0.2) is 17.4 Å². The maximum Gasteiger partial charge on any atom is 0.321 e. The third-order valence-corrected chi connectivity index (χ3v) is 5.97. The van der Waals surface area contributed by atoms with Gasteiger partial charge in [0.05, 0.1) is 37.9 Å². The fourth-order valence-corrected chi connectivity index (χ4v) is 4.41. The van der Waals surface area contributed by atoms with Crippen molar-refractivity contribution >= 4 is 28.9 Å². The molecule has 2 atom stereocenters. The average Bonchev–Trinajstić information content (AvgIpc) is 3.21. The Labute approximate surface area is 193 Å². The molecule has 2 aromatic carbocycles. The van der Waals surface area contributed by atoms with Crippen LogP contribution in [0.1, 0.15) is 38.3 Å². The van der Waals surface area contributed by atoms with Crippen molar-refractivity contribution in [1.29, 1.82) is 0 Å². The van der Waals surface area contributed by atoms with Crippen molar-refractivity contribution in [3.8, 4) is 11.5 Å². The number of methoxy groups -OCH3 is 2. The average molecular weight is 452 g/mol. The van der Waals surface area contributed by atoms with E-state index >= 15 is 0 Å². The lowest BCUT2D eigenvalue weighted by molar-refractivity contribution is -0.153. The predicted molar refractivity (Wildman–Crippen MR) is 125 cm³/mol. The maximum atomic E-state index is 13.8. The minimum absolute atomic E-state index is 0.188. The first-order valence-corrected chi connectivity index (χ1v) is 11.2. The fourth-order valence-electron chi connectivity index (χ4n) is 4.41. The van der Waals surface area contributed by atoms with Crippen molar-refractivity contribution in [2.45, 2.75) is 32.7 Å². The Kier molecular flexibility index (Phi) is 6.53. The lowest BCUT2D eigenvalue weighted by atomic mass is 9.89. The molecule has 0 spiro atoms. The van der Waals surface area contributed by atoms with Gasteiger partial charge in [0, 0.05) is 6.54 Å². The number of fused-ring (bicyclic) bond motifs is 3. The molecule has 1 aliphatic rings. The van der Waals surface area contributed by atoms with Gasteiger partial charge in [0.25, 0.3) is 0 Å². The molecule has 8 nitrogen and oxygen atoms in total. The number of para-hydroxylation sites is 2. The summed E-state index contributed by atoms with van der Waals surface area (Å²) < 4.78 is 18.3. The van der Waals surface area contributed by atoms with Gasteiger partial charge in [-0.2, -0.15) is 0 Å². The Morgan fingerprint density at radius 1 is 1.06 bits per heavy atom. The molecule has 1 amide bonds. The standard InChI is InChI=1S/C25H29N3O5/c1-5-7-14-27-23(29)21(24(30)33-6-2)22(16-12-13-19(31-3)20(15-16)32-4)28-18-11-9-8-10-17(18)26-25(27)28/h8-13,15,21-22H,5-7,14H2,1-4H3/t21-,22-/m1/s1. The van der Waals surface area contributed by atoms with Gasteiger partial charge in [-0.25, -0.2) is 4.98 Å². The summed E-state index contributed by atoms with van der Waals surface area (Å²) in [4.78, 5) is 33.4. The van der Waals surface area contributed by atoms with E-state index in [1.165, 1.54) is 0 Å². The molecule has 0 bridgehead atoms. The molecule has 2 heterocycles. The van der Waals surface area contributed by atoms with Crippen LogP contribution < -0.4 is 14.4 Å². The number of imidazole rings is 1. The number of hydrogen-bond acceptors (Lipinski definition) is 6. The van der Waals surface area contributed by atoms with E-state index in [2.05, 4.69) is 6.92 Å². The number of benzene rings is 2. The SMILES string of the molecule is CCCCN1C(=O)[C@H](C(=O)OCC)[C@@H](c2ccc(OC)c(OC)c2)n2c1nc1ccccc12. The number of rotatable bonds is 8. The number of amides is 1. The first-order chi connectivity index (χ1) is 16.0. The Bertz CT molecular complexity index is 1170. The summed E-state index contributed by atoms with van der Waals surface area (Å²) in [6.07, 6.45) is 1.71. The lowest BCUT2D eigenvalue weighted by Gasteiger charge is -2.38. The van der Waals surface area contributed by atoms with E-state index in [9.17, 15) is 9.59 Å². The van der Waals surface area contributed by atoms with Crippen molar-refractivity contribution in [3.05, 3.63) is 48.0 Å². The minimum atomic E-state index is -1.05. The highest BCUT2D eigenvalue weighted by Gasteiger charge is 2.47. The molecular formula is C25H29N3O5. The molecule has 0 unspecified atom stereocenters. The number of aromatic nitrogens is 2. The summed E-state index contributed by atoms with van der Waals surface area (Å²) >= 11 is 0. The highest BCUT2D eigenvalue weighted by molar-refractivity contribution is 6.08. The molecule has 8 heteroatoms. The van der Waals surface area contributed by atoms with Crippen LogP contribution in [0.25, 0.3) is 11.0 Å². The normalized spacial score (nSPS) is 17.7. The second-order valence-corrected chi connectivity index (χ2v) is 7.90. The topological polar surface area (TPSA) is 82.9 Å². The number of nitrogens with zero attached hydrogens (tertiary/aromatic N) is 3. The van der Waals surface area contributed by atoms with Gasteiger partial charge < -0.3 is 18.8 Å². The molecule has 33 heavy (non-hydrogen) atoms. The molecule has 0 radical (unpaired) electrons. The molecule has 0 aliphatic carbocycles. The van der Waals surface area contributed by atoms with Gasteiger partial charge in [-0.05, 0) is 43.2 Å². The molecule has 0 saturated carbocycles. The number of carbonyl (C=O) groups is 2. The van der Waals surface area contributed by atoms with Crippen LogP contribution in [0.3, 0.4) is 0 Å². The highest BCUT2D eigenvalue weighted by atomic mass is 16.5. The summed E-state index contributed by atoms with van der Waals surface area (Å²) in [5.74, 6) is -0.280. The number of esters is 1. The fraction of sp³-hybridized carbons (Fsp3) is 0.400. The molecule has 3 aromatic rings. The molecule has 0 N–H and O–H groups in total. The third-order valence-electron chi connectivity index (χ3n) is 5.97. The van der Waals surface area contributed by atoms with E-state index < -0.39 is 17.9 Å². The third kappa shape index (κ3) is 3.90. The number of ether oxygens (including phenoxy) is 3. The van der Waals surface area contributed by atoms with E-state index in [0.717, 1.165) is 29.4 Å². The van der Waals surface area contributed by atoms with Crippen molar-refractivity contribution in [2.75, 3.05) is 32.3 Å². The monoisotopic (exact) mass is 451 g/mol. The molecule has 0 saturated heterocycles. The number of unbranched alkanes of at least 4 members (excludes halogenated alkanes) is 1. The lowest BCUT2D eigenvalue weighted by Crippen LogP contribution is -2.50. The van der Waals surface area contributed by atoms with Crippen LogP contribution in [-0.4, -0.2) is 48.8 Å². The van der Waals surface area contributed by atoms with E-state index in [0.29, 0.717) is 24.0 Å². The van der Waals surface area contributed by atoms with Crippen LogP contribution in [0.15, 0.2) is 42.5 Å². The number of carbonyl (C=O) groups excluding carboxylic acids is 2. The molecular weight excluding hydrogens is 422 g/mol. The number of anilines is 1. The van der Waals surface area contributed by atoms with Gasteiger partial charge >= 0.3 is 5.97 Å². The Balaban J connectivity index is 1.98. The van der Waals surface area contributed by atoms with Crippen LogP contribution in [-0.2, 0) is 14.3 Å². The molecule has 0 fully saturated rings. The first kappa shape index (κ1) is 22.6. The van der Waals surface area contributed by atoms with Gasteiger partial charge in [0.1, 0.15) is 0 Å². The quantitative estimate of drug-likeness (QED) is 0.381. The summed E-state index contributed by atoms with van der Waals surface area (Å²) in [6.45, 7) is 4.47. The van der Waals surface area contributed by atoms with E-state index in [4.69, 9.17) is 19.2 Å². The maximum absolute atomic E-state index is 13.8. The van der Waals surface area contributed by atoms with Crippen molar-refractivity contribution in [1.82, 2.24) is 9.55 Å². The smallest absolute Gasteiger partial charge is 0.321 e. The van der Waals surface area contributed by atoms with Crippen LogP contribution in [0.2, 0.25) is 0 Å². The van der Waals surface area contributed by atoms with Gasteiger partial charge in [-0.1, -0.05) is 31.5 Å². The van der Waals surface area contributed by atoms with Crippen LogP contribution in [0.5, 0.6) is 11.5 Å². The second-order valence-electron chi connectivity index (χ2n) is 7.90. The molecule has 174 valence electrons. The Morgan fingerprint density at radius 2 is 1.82 bits per heavy atom. The van der Waals surface area contributed by atoms with E-state index in [1.807, 2.05) is 41.0 Å². The zero-order chi connectivity index (χ0) is 23.5. The summed E-state index contributed by atoms with van der Waals surface area (Å²) in [5.41, 5.74) is 2.34. The van der Waals surface area contributed by atoms with Crippen LogP contribution >= 0.6 is 0 Å². The predicted octanol–water partition coefficient (Wildman–Crippen LogP) is 3.97. The van der Waals surface area contributed by atoms with E-state index in [-0.39, 0.29) is 12.5 Å². The zero-order valence-corrected chi connectivity index (χ0v) is 19.4. The highest BCUT2D eigenvalue weighted by Crippen LogP contribution is 2.43. The Hall–Kier alpha value is -3.55. The summed E-state index contributed by atoms with van der Waals surface area (Å²) in [7, 11) is 3.12. The molecule has 1 aliphatic heterocycles.